The van der Waals surface area contributed by atoms with Gasteiger partial charge in [0.15, 0.2) is 11.6 Å². The lowest BCUT2D eigenvalue weighted by molar-refractivity contribution is -0.384. The minimum Gasteiger partial charge on any atom is -0.508 e. The highest BCUT2D eigenvalue weighted by molar-refractivity contribution is 5.72. The fourth-order valence-electron chi connectivity index (χ4n) is 10.6. The van der Waals surface area contributed by atoms with Gasteiger partial charge in [0.25, 0.3) is 5.69 Å². The van der Waals surface area contributed by atoms with E-state index in [9.17, 15) is 54.1 Å². The van der Waals surface area contributed by atoms with E-state index in [2.05, 4.69) is 42.4 Å². The summed E-state index contributed by atoms with van der Waals surface area (Å²) in [6.07, 6.45) is 0.503. The number of amides is 1. The molecular formula is C69H77F2N11O13. The summed E-state index contributed by atoms with van der Waals surface area (Å²) < 4.78 is 48.0. The first-order chi connectivity index (χ1) is 45.1. The highest BCUT2D eigenvalue weighted by Crippen LogP contribution is 2.39. The number of nitro groups is 1. The van der Waals surface area contributed by atoms with E-state index in [4.69, 9.17) is 14.2 Å². The number of nitro benzene ring substituents is 1. The zero-order valence-corrected chi connectivity index (χ0v) is 52.6. The first kappa shape index (κ1) is 70.2. The van der Waals surface area contributed by atoms with Crippen molar-refractivity contribution in [3.63, 3.8) is 0 Å². The second-order valence-electron chi connectivity index (χ2n) is 23.0. The molecule has 2 saturated heterocycles. The van der Waals surface area contributed by atoms with Gasteiger partial charge in [-0.3, -0.25) is 19.9 Å². The highest BCUT2D eigenvalue weighted by Gasteiger charge is 2.26. The van der Waals surface area contributed by atoms with Gasteiger partial charge in [-0.05, 0) is 120 Å². The Morgan fingerprint density at radius 2 is 0.958 bits per heavy atom. The van der Waals surface area contributed by atoms with Crippen LogP contribution in [0.1, 0.15) is 94.2 Å². The quantitative estimate of drug-likeness (QED) is 0.0205. The van der Waals surface area contributed by atoms with Crippen molar-refractivity contribution in [3.05, 3.63) is 210 Å². The summed E-state index contributed by atoms with van der Waals surface area (Å²) >= 11 is 0. The fraction of sp³-hybridized carbons (Fsp3) is 0.304. The van der Waals surface area contributed by atoms with Gasteiger partial charge in [-0.15, -0.1) is 0 Å². The number of hydrogen-bond donors (Lipinski definition) is 7. The van der Waals surface area contributed by atoms with Crippen LogP contribution in [0, 0.1) is 21.7 Å². The lowest BCUT2D eigenvalue weighted by atomic mass is 9.98. The van der Waals surface area contributed by atoms with E-state index in [0.29, 0.717) is 78.7 Å². The number of aromatic amines is 2. The average molecular weight is 1310 g/mol. The molecule has 1 amide bonds. The molecule has 4 heterocycles. The maximum Gasteiger partial charge on any atom is 0.519 e. The first-order valence-electron chi connectivity index (χ1n) is 30.6. The number of ether oxygens (including phenoxy) is 3. The Kier molecular flexibility index (Phi) is 23.5. The van der Waals surface area contributed by atoms with Gasteiger partial charge in [-0.2, -0.15) is 10.2 Å². The number of rotatable bonds is 16. The summed E-state index contributed by atoms with van der Waals surface area (Å²) in [5.74, 6) is -0.272. The minimum atomic E-state index is -0.895. The molecule has 0 bridgehead atoms. The Morgan fingerprint density at radius 3 is 1.35 bits per heavy atom. The van der Waals surface area contributed by atoms with Crippen LogP contribution in [0.15, 0.2) is 143 Å². The van der Waals surface area contributed by atoms with Crippen LogP contribution in [-0.2, 0) is 25.9 Å². The molecule has 26 heteroatoms. The topological polar surface area (TPSA) is 309 Å². The van der Waals surface area contributed by atoms with E-state index >= 15 is 4.39 Å². The third-order valence-corrected chi connectivity index (χ3v) is 15.9. The number of halogens is 2. The Hall–Kier alpha value is -10.7. The van der Waals surface area contributed by atoms with Crippen LogP contribution in [-0.4, -0.2) is 134 Å². The summed E-state index contributed by atoms with van der Waals surface area (Å²) in [7, 11) is 0. The van der Waals surface area contributed by atoms with Crippen LogP contribution in [0.4, 0.5) is 24.1 Å². The molecule has 11 rings (SSSR count). The van der Waals surface area contributed by atoms with E-state index in [1.165, 1.54) is 57.7 Å². The fourth-order valence-corrected chi connectivity index (χ4v) is 10.6. The minimum absolute atomic E-state index is 0. The maximum atomic E-state index is 15.3. The van der Waals surface area contributed by atoms with E-state index < -0.39 is 40.2 Å². The molecule has 0 radical (unpaired) electrons. The summed E-state index contributed by atoms with van der Waals surface area (Å²) in [5, 5.41) is 67.9. The number of carbonyl (C=O) groups excluding carboxylic acids is 2. The van der Waals surface area contributed by atoms with Crippen LogP contribution in [0.5, 0.6) is 40.2 Å². The van der Waals surface area contributed by atoms with E-state index in [1.54, 1.807) is 65.6 Å². The molecule has 0 aliphatic carbocycles. The smallest absolute Gasteiger partial charge is 0.508 e. The second kappa shape index (κ2) is 31.8. The molecule has 2 aromatic heterocycles. The summed E-state index contributed by atoms with van der Waals surface area (Å²) in [5.41, 5.74) is 4.28. The number of nitrogens with one attached hydrogen (secondary N) is 3. The van der Waals surface area contributed by atoms with Crippen molar-refractivity contribution in [3.8, 4) is 74.4 Å². The number of non-ortho nitro benzene ring substituents is 1. The van der Waals surface area contributed by atoms with Crippen LogP contribution < -0.4 is 30.9 Å². The SMILES string of the molecule is C.CC(C)c1cc(-c2n[nH]c(=O)n2-c2ccc(CN3CCNCC3)c(F)c2)c(O)cc1O.CCc1ccc(OC(=O)N2CCN(Cc3ccc(-n4c(-c5cc(C(C)C)c(O)cc5O)n[nH]c4=O)cc3F)CC2)cc1.CCc1ccc(OC(=O)Oc2ccc([N+](=O)[O-])cc2)cc1. The molecule has 2 aliphatic rings. The number of H-pyrrole nitrogens is 2. The van der Waals surface area contributed by atoms with Gasteiger partial charge in [0.05, 0.1) is 27.4 Å². The molecule has 0 unspecified atom stereocenters. The molecule has 500 valence electrons. The van der Waals surface area contributed by atoms with Crippen molar-refractivity contribution in [2.24, 2.45) is 0 Å². The van der Waals surface area contributed by atoms with Crippen molar-refractivity contribution in [2.45, 2.75) is 86.7 Å². The molecule has 24 nitrogen and oxygen atoms in total. The van der Waals surface area contributed by atoms with Crippen molar-refractivity contribution in [1.29, 1.82) is 0 Å². The summed E-state index contributed by atoms with van der Waals surface area (Å²) in [6, 6.07) is 34.4. The standard InChI is InChI=1S/C31H34FN5O5.C22H26FN5O3.C15H13NO5.CH4/c1-4-20-5-9-23(10-6-20)42-31(41)36-13-11-35(12-14-36)18-21-7-8-22(15-26(21)32)37-29(33-34-30(37)40)25-16-24(19(2)3)27(38)17-28(25)39;1-13(2)16-10-17(20(30)11-19(16)29)21-25-26-22(31)28(21)15-4-3-14(18(23)9-15)12-27-7-5-24-6-8-27;1-2-11-3-7-13(8-4-11)20-15(17)21-14-9-5-12(6-10-14)16(18)19;/h5-10,15-17,19,38-39H,4,11-14,18H2,1-3H3,(H,34,40);3-4,9-11,13,24,29-30H,5-8,12H2,1-2H3,(H,26,31);3-10H,2H2,1H3;1H4. The number of nitrogens with zero attached hydrogens (tertiary/aromatic N) is 8. The summed E-state index contributed by atoms with van der Waals surface area (Å²) in [6.45, 7) is 18.0. The third kappa shape index (κ3) is 17.5. The summed E-state index contributed by atoms with van der Waals surface area (Å²) in [4.78, 5) is 65.2. The van der Waals surface area contributed by atoms with Crippen molar-refractivity contribution >= 4 is 17.9 Å². The molecule has 0 atom stereocenters. The number of phenolic OH excluding ortho intramolecular Hbond substituents is 4. The molecule has 7 aromatic carbocycles. The molecule has 7 N–H and O–H groups in total. The van der Waals surface area contributed by atoms with Crippen molar-refractivity contribution < 1.29 is 57.9 Å². The molecule has 0 spiro atoms. The van der Waals surface area contributed by atoms with E-state index in [-0.39, 0.29) is 82.2 Å². The lowest BCUT2D eigenvalue weighted by Gasteiger charge is -2.34. The Labute approximate surface area is 546 Å². The van der Waals surface area contributed by atoms with Crippen molar-refractivity contribution in [2.75, 3.05) is 52.4 Å². The molecule has 0 saturated carbocycles. The maximum absolute atomic E-state index is 15.3. The molecule has 2 aliphatic heterocycles. The number of hydrogen-bond acceptors (Lipinski definition) is 18. The molecule has 9 aromatic rings. The van der Waals surface area contributed by atoms with Gasteiger partial charge in [0.2, 0.25) is 0 Å². The number of carbonyl (C=O) groups is 2. The Balaban J connectivity index is 0.000000192. The monoisotopic (exact) mass is 1310 g/mol. The van der Waals surface area contributed by atoms with Crippen LogP contribution in [0.3, 0.4) is 0 Å². The molecule has 95 heavy (non-hydrogen) atoms. The number of piperazine rings is 2. The van der Waals surface area contributed by atoms with Crippen LogP contribution >= 0.6 is 0 Å². The van der Waals surface area contributed by atoms with Gasteiger partial charge < -0.3 is 44.9 Å². The number of aromatic hydroxyl groups is 4. The Bertz CT molecular complexity index is 4250. The van der Waals surface area contributed by atoms with Crippen molar-refractivity contribution in [1.82, 2.24) is 49.5 Å². The van der Waals surface area contributed by atoms with Gasteiger partial charge >= 0.3 is 23.6 Å². The predicted molar refractivity (Wildman–Crippen MR) is 353 cm³/mol. The largest absolute Gasteiger partial charge is 0.519 e. The first-order valence-corrected chi connectivity index (χ1v) is 30.6. The van der Waals surface area contributed by atoms with Gasteiger partial charge in [0.1, 0.15) is 51.9 Å². The highest BCUT2D eigenvalue weighted by atomic mass is 19.1. The predicted octanol–water partition coefficient (Wildman–Crippen LogP) is 11.5. The molecule has 2 fully saturated rings. The number of aryl methyl sites for hydroxylation is 2. The van der Waals surface area contributed by atoms with Gasteiger partial charge in [-0.1, -0.05) is 85.4 Å². The average Bonchev–Trinajstić information content (AvgIpc) is 1.71. The van der Waals surface area contributed by atoms with Gasteiger partial charge in [-0.25, -0.2) is 47.3 Å². The molecular weight excluding hydrogens is 1230 g/mol. The van der Waals surface area contributed by atoms with E-state index in [0.717, 1.165) is 50.1 Å². The van der Waals surface area contributed by atoms with Gasteiger partial charge in [0, 0.05) is 101 Å². The number of phenols is 4. The number of aromatic nitrogens is 6. The Morgan fingerprint density at radius 1 is 0.558 bits per heavy atom. The van der Waals surface area contributed by atoms with Crippen LogP contribution in [0.25, 0.3) is 34.2 Å². The normalized spacial score (nSPS) is 13.3. The second-order valence-corrected chi connectivity index (χ2v) is 23.0. The third-order valence-electron chi connectivity index (χ3n) is 15.9. The zero-order chi connectivity index (χ0) is 67.3. The van der Waals surface area contributed by atoms with Crippen LogP contribution in [0.2, 0.25) is 0 Å². The zero-order valence-electron chi connectivity index (χ0n) is 52.6. The lowest BCUT2D eigenvalue weighted by Crippen LogP contribution is -2.49. The number of benzene rings is 7. The van der Waals surface area contributed by atoms with E-state index in [1.807, 2.05) is 58.9 Å².